The predicted molar refractivity (Wildman–Crippen MR) is 192 cm³/mol. The fourth-order valence-electron chi connectivity index (χ4n) is 6.76. The van der Waals surface area contributed by atoms with Crippen LogP contribution < -0.4 is 14.5 Å². The van der Waals surface area contributed by atoms with Crippen molar-refractivity contribution in [2.75, 3.05) is 9.80 Å². The number of nitrogens with zero attached hydrogens (tertiary/aromatic N) is 4. The SMILES string of the molecule is [Pt].[c-]1c(Oc2[c-]c3c(cc2)c2ccccc2n3-c2cc3oc4ccccc4c3cn2)cccc1N1[CH-]N(c2ccccc2)c2ccccc21. The molecule has 0 amide bonds. The maximum atomic E-state index is 6.47. The third-order valence-electron chi connectivity index (χ3n) is 8.93. The van der Waals surface area contributed by atoms with Crippen LogP contribution in [-0.4, -0.2) is 9.55 Å². The quantitative estimate of drug-likeness (QED) is 0.162. The summed E-state index contributed by atoms with van der Waals surface area (Å²) in [5, 5.41) is 4.22. The molecule has 6 nitrogen and oxygen atoms in total. The molecule has 0 atom stereocenters. The first-order valence-corrected chi connectivity index (χ1v) is 15.8. The predicted octanol–water partition coefficient (Wildman–Crippen LogP) is 10.9. The van der Waals surface area contributed by atoms with E-state index in [9.17, 15) is 0 Å². The molecule has 3 aromatic heterocycles. The molecule has 0 saturated heterocycles. The Balaban J connectivity index is 0.00000325. The molecule has 0 radical (unpaired) electrons. The molecule has 0 N–H and O–H groups in total. The van der Waals surface area contributed by atoms with Gasteiger partial charge < -0.3 is 23.5 Å². The maximum Gasteiger partial charge on any atom is 0.140 e. The van der Waals surface area contributed by atoms with Crippen LogP contribution in [0.5, 0.6) is 11.5 Å². The van der Waals surface area contributed by atoms with E-state index in [0.29, 0.717) is 11.5 Å². The molecule has 6 aromatic carbocycles. The number of rotatable bonds is 5. The number of pyridine rings is 1. The summed E-state index contributed by atoms with van der Waals surface area (Å²) in [7, 11) is 0. The molecule has 0 fully saturated rings. The molecule has 0 bridgehead atoms. The van der Waals surface area contributed by atoms with Gasteiger partial charge in [0.15, 0.2) is 0 Å². The fourth-order valence-corrected chi connectivity index (χ4v) is 6.76. The number of benzene rings is 6. The smallest absolute Gasteiger partial charge is 0.140 e. The van der Waals surface area contributed by atoms with Gasteiger partial charge in [-0.2, -0.15) is 12.1 Å². The minimum Gasteiger partial charge on any atom is -0.509 e. The van der Waals surface area contributed by atoms with Crippen molar-refractivity contribution in [2.24, 2.45) is 0 Å². The third kappa shape index (κ3) is 4.79. The molecule has 49 heavy (non-hydrogen) atoms. The van der Waals surface area contributed by atoms with Crippen LogP contribution in [0.2, 0.25) is 0 Å². The second-order valence-corrected chi connectivity index (χ2v) is 11.8. The first kappa shape index (κ1) is 29.3. The molecule has 10 rings (SSSR count). The number of fused-ring (bicyclic) bond motifs is 7. The zero-order valence-corrected chi connectivity index (χ0v) is 28.1. The monoisotopic (exact) mass is 812 g/mol. The van der Waals surface area contributed by atoms with Crippen LogP contribution in [0.15, 0.2) is 150 Å². The van der Waals surface area contributed by atoms with Gasteiger partial charge in [0.1, 0.15) is 17.0 Å². The largest absolute Gasteiger partial charge is 0.509 e. The molecule has 4 heterocycles. The number of anilines is 4. The topological polar surface area (TPSA) is 46.7 Å². The minimum absolute atomic E-state index is 0. The zero-order valence-electron chi connectivity index (χ0n) is 25.9. The second-order valence-electron chi connectivity index (χ2n) is 11.8. The van der Waals surface area contributed by atoms with Crippen LogP contribution in [0, 0.1) is 18.8 Å². The van der Waals surface area contributed by atoms with Crippen molar-refractivity contribution in [3.63, 3.8) is 0 Å². The second kappa shape index (κ2) is 11.7. The Bertz CT molecular complexity index is 2660. The molecule has 7 heteroatoms. The Morgan fingerprint density at radius 2 is 1.33 bits per heavy atom. The average molecular weight is 813 g/mol. The first-order chi connectivity index (χ1) is 23.8. The normalized spacial score (nSPS) is 12.6. The van der Waals surface area contributed by atoms with E-state index in [4.69, 9.17) is 14.1 Å². The number of para-hydroxylation sites is 5. The van der Waals surface area contributed by atoms with E-state index in [1.54, 1.807) is 0 Å². The molecule has 238 valence electrons. The van der Waals surface area contributed by atoms with Crippen molar-refractivity contribution in [1.82, 2.24) is 9.55 Å². The van der Waals surface area contributed by atoms with Gasteiger partial charge in [0.2, 0.25) is 0 Å². The maximum absolute atomic E-state index is 6.47. The van der Waals surface area contributed by atoms with Crippen LogP contribution in [0.4, 0.5) is 22.7 Å². The molecular formula is C42H25N4O2Pt-3. The van der Waals surface area contributed by atoms with Gasteiger partial charge in [-0.05, 0) is 41.8 Å². The molecule has 1 aliphatic heterocycles. The number of aromatic nitrogens is 2. The van der Waals surface area contributed by atoms with Crippen LogP contribution >= 0.6 is 0 Å². The number of hydrogen-bond acceptors (Lipinski definition) is 5. The van der Waals surface area contributed by atoms with Gasteiger partial charge in [-0.3, -0.25) is 0 Å². The summed E-state index contributed by atoms with van der Waals surface area (Å²) in [5.41, 5.74) is 7.67. The van der Waals surface area contributed by atoms with Crippen molar-refractivity contribution >= 4 is 66.5 Å². The van der Waals surface area contributed by atoms with E-state index in [2.05, 4.69) is 112 Å². The summed E-state index contributed by atoms with van der Waals surface area (Å²) in [6, 6.07) is 54.1. The summed E-state index contributed by atoms with van der Waals surface area (Å²) in [5.74, 6) is 1.93. The Morgan fingerprint density at radius 3 is 2.20 bits per heavy atom. The Hall–Kier alpha value is -5.84. The molecule has 0 aliphatic carbocycles. The van der Waals surface area contributed by atoms with Gasteiger partial charge >= 0.3 is 0 Å². The van der Waals surface area contributed by atoms with Crippen LogP contribution in [0.3, 0.4) is 0 Å². The van der Waals surface area contributed by atoms with Crippen LogP contribution in [0.1, 0.15) is 0 Å². The molecule has 0 saturated carbocycles. The van der Waals surface area contributed by atoms with E-state index in [-0.39, 0.29) is 21.1 Å². The molecule has 0 unspecified atom stereocenters. The minimum atomic E-state index is 0. The van der Waals surface area contributed by atoms with Crippen LogP contribution in [-0.2, 0) is 21.1 Å². The first-order valence-electron chi connectivity index (χ1n) is 15.8. The van der Waals surface area contributed by atoms with Crippen molar-refractivity contribution < 1.29 is 30.2 Å². The average Bonchev–Trinajstić information content (AvgIpc) is 3.81. The van der Waals surface area contributed by atoms with Crippen molar-refractivity contribution in [3.05, 3.63) is 165 Å². The van der Waals surface area contributed by atoms with Gasteiger partial charge in [-0.1, -0.05) is 72.2 Å². The summed E-state index contributed by atoms with van der Waals surface area (Å²) < 4.78 is 14.8. The van der Waals surface area contributed by atoms with E-state index in [1.807, 2.05) is 66.9 Å². The Labute approximate surface area is 296 Å². The van der Waals surface area contributed by atoms with Crippen molar-refractivity contribution in [3.8, 4) is 17.3 Å². The summed E-state index contributed by atoms with van der Waals surface area (Å²) in [6.45, 7) is 2.10. The third-order valence-corrected chi connectivity index (χ3v) is 8.93. The summed E-state index contributed by atoms with van der Waals surface area (Å²) in [6.07, 6.45) is 1.89. The van der Waals surface area contributed by atoms with E-state index in [1.165, 1.54) is 0 Å². The van der Waals surface area contributed by atoms with E-state index < -0.39 is 0 Å². The summed E-state index contributed by atoms with van der Waals surface area (Å²) in [4.78, 5) is 9.24. The van der Waals surface area contributed by atoms with Gasteiger partial charge in [0, 0.05) is 78.2 Å². The van der Waals surface area contributed by atoms with Gasteiger partial charge in [-0.25, -0.2) is 4.98 Å². The summed E-state index contributed by atoms with van der Waals surface area (Å²) >= 11 is 0. The van der Waals surface area contributed by atoms with E-state index in [0.717, 1.165) is 72.3 Å². The number of hydrogen-bond donors (Lipinski definition) is 0. The van der Waals surface area contributed by atoms with Crippen molar-refractivity contribution in [2.45, 2.75) is 0 Å². The molecular weight excluding hydrogens is 788 g/mol. The van der Waals surface area contributed by atoms with Crippen LogP contribution in [0.25, 0.3) is 49.6 Å². The zero-order chi connectivity index (χ0) is 31.6. The fraction of sp³-hybridized carbons (Fsp3) is 0. The number of ether oxygens (including phenoxy) is 1. The number of furan rings is 1. The standard InChI is InChI=1S/C42H25N4O2.Pt/c1-2-11-28(12-3-1)44-27-45(38-19-8-7-18-37(38)44)29-13-10-14-30(23-29)47-31-21-22-33-32-15-4-6-17-36(32)46(39(33)24-31)42-25-41-35(26-43-42)34-16-5-9-20-40(34)48-41;/h1-22,25-27H;/q-3;. The van der Waals surface area contributed by atoms with Gasteiger partial charge in [-0.15, -0.1) is 48.1 Å². The molecule has 0 spiro atoms. The molecule has 9 aromatic rings. The van der Waals surface area contributed by atoms with Gasteiger partial charge in [0.25, 0.3) is 0 Å². The van der Waals surface area contributed by atoms with E-state index >= 15 is 0 Å². The van der Waals surface area contributed by atoms with Gasteiger partial charge in [0.05, 0.1) is 0 Å². The Morgan fingerprint density at radius 1 is 0.592 bits per heavy atom. The van der Waals surface area contributed by atoms with Crippen molar-refractivity contribution in [1.29, 1.82) is 0 Å². The Kier molecular flexibility index (Phi) is 6.99. The molecule has 1 aliphatic rings.